The number of H-pyrrole nitrogens is 1. The summed E-state index contributed by atoms with van der Waals surface area (Å²) < 4.78 is 1.76. The Bertz CT molecular complexity index is 659. The molecule has 2 N–H and O–H groups in total. The third-order valence-corrected chi connectivity index (χ3v) is 4.31. The van der Waals surface area contributed by atoms with Crippen LogP contribution in [-0.2, 0) is 6.54 Å². The highest BCUT2D eigenvalue weighted by molar-refractivity contribution is 5.76. The van der Waals surface area contributed by atoms with Gasteiger partial charge in [-0.2, -0.15) is 0 Å². The molecule has 1 atom stereocenters. The van der Waals surface area contributed by atoms with Crippen LogP contribution in [-0.4, -0.2) is 38.7 Å². The number of rotatable bonds is 3. The van der Waals surface area contributed by atoms with Crippen LogP contribution >= 0.6 is 0 Å². The lowest BCUT2D eigenvalue weighted by molar-refractivity contribution is 0.140. The average Bonchev–Trinajstić information content (AvgIpc) is 2.76. The molecule has 0 bridgehead atoms. The van der Waals surface area contributed by atoms with E-state index in [1.807, 2.05) is 0 Å². The Morgan fingerprint density at radius 1 is 1.40 bits per heavy atom. The Kier molecular flexibility index (Phi) is 3.53. The predicted molar refractivity (Wildman–Crippen MR) is 79.1 cm³/mol. The van der Waals surface area contributed by atoms with Crippen molar-refractivity contribution < 1.29 is 5.11 Å². The summed E-state index contributed by atoms with van der Waals surface area (Å²) in [5.41, 5.74) is 1.48. The molecule has 1 fully saturated rings. The largest absolute Gasteiger partial charge is 0.508 e. The summed E-state index contributed by atoms with van der Waals surface area (Å²) in [5.74, 6) is 0.196. The number of piperidine rings is 1. The van der Waals surface area contributed by atoms with Crippen LogP contribution in [0, 0.1) is 0 Å². The van der Waals surface area contributed by atoms with Crippen molar-refractivity contribution in [2.24, 2.45) is 0 Å². The van der Waals surface area contributed by atoms with Gasteiger partial charge in [0.2, 0.25) is 0 Å². The van der Waals surface area contributed by atoms with Gasteiger partial charge in [-0.1, -0.05) is 13.3 Å². The average molecular weight is 275 g/mol. The van der Waals surface area contributed by atoms with Gasteiger partial charge in [0.1, 0.15) is 5.75 Å². The summed E-state index contributed by atoms with van der Waals surface area (Å²) in [5, 5.41) is 9.63. The summed E-state index contributed by atoms with van der Waals surface area (Å²) >= 11 is 0. The lowest BCUT2D eigenvalue weighted by atomic mass is 10.0. The fourth-order valence-electron chi connectivity index (χ4n) is 3.22. The van der Waals surface area contributed by atoms with Crippen LogP contribution in [0.2, 0.25) is 0 Å². The van der Waals surface area contributed by atoms with Crippen LogP contribution < -0.4 is 5.69 Å². The molecule has 0 aliphatic carbocycles. The van der Waals surface area contributed by atoms with Crippen LogP contribution in [0.3, 0.4) is 0 Å². The first-order valence-electron chi connectivity index (χ1n) is 7.34. The Morgan fingerprint density at radius 3 is 3.05 bits per heavy atom. The van der Waals surface area contributed by atoms with Crippen LogP contribution in [0.1, 0.15) is 26.2 Å². The second-order valence-corrected chi connectivity index (χ2v) is 5.52. The Hall–Kier alpha value is -1.75. The molecule has 1 aromatic carbocycles. The van der Waals surface area contributed by atoms with E-state index in [0.29, 0.717) is 12.6 Å². The number of imidazole rings is 1. The zero-order valence-corrected chi connectivity index (χ0v) is 11.8. The number of likely N-dealkylation sites (tertiary alicyclic amines) is 1. The smallest absolute Gasteiger partial charge is 0.326 e. The summed E-state index contributed by atoms with van der Waals surface area (Å²) in [7, 11) is 0. The molecule has 0 spiro atoms. The molecule has 5 nitrogen and oxygen atoms in total. The molecule has 20 heavy (non-hydrogen) atoms. The zero-order valence-electron chi connectivity index (χ0n) is 11.8. The molecule has 0 amide bonds. The molecule has 1 aliphatic rings. The molecule has 108 valence electrons. The van der Waals surface area contributed by atoms with Gasteiger partial charge in [-0.15, -0.1) is 0 Å². The predicted octanol–water partition coefficient (Wildman–Crippen LogP) is 1.91. The van der Waals surface area contributed by atoms with Crippen LogP contribution in [0.5, 0.6) is 5.75 Å². The van der Waals surface area contributed by atoms with Gasteiger partial charge in [0, 0.05) is 18.7 Å². The lowest BCUT2D eigenvalue weighted by Gasteiger charge is -2.34. The molecular weight excluding hydrogens is 254 g/mol. The SMILES string of the molecule is CCN1CCCCC1Cn1c(=O)[nH]c2ccc(O)cc21. The Balaban J connectivity index is 1.95. The first kappa shape index (κ1) is 13.2. The van der Waals surface area contributed by atoms with Gasteiger partial charge in [-0.3, -0.25) is 9.47 Å². The molecule has 1 unspecified atom stereocenters. The maximum atomic E-state index is 12.1. The number of likely N-dealkylation sites (N-methyl/N-ethyl adjacent to an activating group) is 1. The molecule has 2 aromatic rings. The standard InChI is InChI=1S/C15H21N3O2/c1-2-17-8-4-3-5-11(17)10-18-14-9-12(19)6-7-13(14)16-15(18)20/h6-7,9,11,19H,2-5,8,10H2,1H3,(H,16,20). The van der Waals surface area contributed by atoms with Crippen molar-refractivity contribution in [1.29, 1.82) is 0 Å². The number of benzene rings is 1. The third kappa shape index (κ3) is 2.33. The van der Waals surface area contributed by atoms with E-state index < -0.39 is 0 Å². The number of hydrogen-bond donors (Lipinski definition) is 2. The molecular formula is C15H21N3O2. The minimum Gasteiger partial charge on any atom is -0.508 e. The van der Waals surface area contributed by atoms with Crippen molar-refractivity contribution in [1.82, 2.24) is 14.5 Å². The van der Waals surface area contributed by atoms with Gasteiger partial charge in [0.05, 0.1) is 11.0 Å². The van der Waals surface area contributed by atoms with Gasteiger partial charge < -0.3 is 10.1 Å². The van der Waals surface area contributed by atoms with Crippen molar-refractivity contribution in [2.45, 2.75) is 38.8 Å². The quantitative estimate of drug-likeness (QED) is 0.899. The number of nitrogens with zero attached hydrogens (tertiary/aromatic N) is 2. The summed E-state index contributed by atoms with van der Waals surface area (Å²) in [4.78, 5) is 17.4. The topological polar surface area (TPSA) is 61.3 Å². The number of aromatic hydroxyl groups is 1. The molecule has 3 rings (SSSR count). The Morgan fingerprint density at radius 2 is 2.25 bits per heavy atom. The molecule has 1 aliphatic heterocycles. The number of fused-ring (bicyclic) bond motifs is 1. The van der Waals surface area contributed by atoms with Crippen molar-refractivity contribution >= 4 is 11.0 Å². The van der Waals surface area contributed by atoms with E-state index in [1.165, 1.54) is 12.8 Å². The fourth-order valence-corrected chi connectivity index (χ4v) is 3.22. The second kappa shape index (κ2) is 5.32. The van der Waals surface area contributed by atoms with Gasteiger partial charge >= 0.3 is 5.69 Å². The minimum atomic E-state index is -0.0905. The third-order valence-electron chi connectivity index (χ3n) is 4.31. The normalized spacial score (nSPS) is 20.6. The lowest BCUT2D eigenvalue weighted by Crippen LogP contribution is -2.43. The van der Waals surface area contributed by atoms with Crippen molar-refractivity contribution in [2.75, 3.05) is 13.1 Å². The van der Waals surface area contributed by atoms with E-state index in [4.69, 9.17) is 0 Å². The molecule has 0 saturated carbocycles. The zero-order chi connectivity index (χ0) is 14.1. The first-order valence-corrected chi connectivity index (χ1v) is 7.34. The molecule has 1 saturated heterocycles. The summed E-state index contributed by atoms with van der Waals surface area (Å²) in [6, 6.07) is 5.42. The molecule has 0 radical (unpaired) electrons. The van der Waals surface area contributed by atoms with Crippen LogP contribution in [0.4, 0.5) is 0 Å². The number of phenols is 1. The fraction of sp³-hybridized carbons (Fsp3) is 0.533. The number of nitrogens with one attached hydrogen (secondary N) is 1. The molecule has 2 heterocycles. The van der Waals surface area contributed by atoms with Gasteiger partial charge in [-0.25, -0.2) is 4.79 Å². The molecule has 1 aromatic heterocycles. The number of hydrogen-bond acceptors (Lipinski definition) is 3. The number of aromatic nitrogens is 2. The Labute approximate surface area is 117 Å². The van der Waals surface area contributed by atoms with E-state index in [2.05, 4.69) is 16.8 Å². The van der Waals surface area contributed by atoms with E-state index in [-0.39, 0.29) is 11.4 Å². The van der Waals surface area contributed by atoms with Gasteiger partial charge in [-0.05, 0) is 38.1 Å². The summed E-state index contributed by atoms with van der Waals surface area (Å²) in [6.45, 7) is 4.99. The van der Waals surface area contributed by atoms with E-state index in [9.17, 15) is 9.90 Å². The van der Waals surface area contributed by atoms with Gasteiger partial charge in [0.15, 0.2) is 0 Å². The highest BCUT2D eigenvalue weighted by Crippen LogP contribution is 2.21. The van der Waals surface area contributed by atoms with E-state index in [0.717, 1.165) is 30.5 Å². The van der Waals surface area contributed by atoms with Crippen molar-refractivity contribution in [3.8, 4) is 5.75 Å². The second-order valence-electron chi connectivity index (χ2n) is 5.52. The van der Waals surface area contributed by atoms with Crippen LogP contribution in [0.25, 0.3) is 11.0 Å². The number of aromatic amines is 1. The minimum absolute atomic E-state index is 0.0905. The van der Waals surface area contributed by atoms with Crippen LogP contribution in [0.15, 0.2) is 23.0 Å². The van der Waals surface area contributed by atoms with Gasteiger partial charge in [0.25, 0.3) is 0 Å². The van der Waals surface area contributed by atoms with Crippen molar-refractivity contribution in [3.63, 3.8) is 0 Å². The molecule has 5 heteroatoms. The highest BCUT2D eigenvalue weighted by Gasteiger charge is 2.22. The maximum absolute atomic E-state index is 12.1. The highest BCUT2D eigenvalue weighted by atomic mass is 16.3. The maximum Gasteiger partial charge on any atom is 0.326 e. The van der Waals surface area contributed by atoms with Crippen molar-refractivity contribution in [3.05, 3.63) is 28.7 Å². The van der Waals surface area contributed by atoms with E-state index in [1.54, 1.807) is 22.8 Å². The first-order chi connectivity index (χ1) is 9.69. The summed E-state index contributed by atoms with van der Waals surface area (Å²) in [6.07, 6.45) is 3.60. The monoisotopic (exact) mass is 275 g/mol. The van der Waals surface area contributed by atoms with E-state index >= 15 is 0 Å². The number of phenolic OH excluding ortho intramolecular Hbond substituents is 1.